The van der Waals surface area contributed by atoms with E-state index < -0.39 is 4.92 Å². The Morgan fingerprint density at radius 1 is 1.06 bits per heavy atom. The van der Waals surface area contributed by atoms with Gasteiger partial charge in [-0.15, -0.1) is 10.2 Å². The molecule has 0 bridgehead atoms. The predicted molar refractivity (Wildman–Crippen MR) is 133 cm³/mol. The van der Waals surface area contributed by atoms with Gasteiger partial charge in [-0.1, -0.05) is 89.5 Å². The van der Waals surface area contributed by atoms with Gasteiger partial charge in [0, 0.05) is 23.4 Å². The van der Waals surface area contributed by atoms with Crippen LogP contribution in [0.1, 0.15) is 11.1 Å². The van der Waals surface area contributed by atoms with Crippen LogP contribution in [0.2, 0.25) is 0 Å². The lowest BCUT2D eigenvalue weighted by Gasteiger charge is -2.04. The van der Waals surface area contributed by atoms with E-state index in [9.17, 15) is 14.9 Å². The van der Waals surface area contributed by atoms with Crippen LogP contribution >= 0.6 is 34.9 Å². The van der Waals surface area contributed by atoms with Gasteiger partial charge in [0.15, 0.2) is 8.68 Å². The summed E-state index contributed by atoms with van der Waals surface area (Å²) in [4.78, 5) is 22.3. The Morgan fingerprint density at radius 3 is 2.67 bits per heavy atom. The largest absolute Gasteiger partial charge is 0.272 e. The van der Waals surface area contributed by atoms with Gasteiger partial charge in [0.1, 0.15) is 0 Å². The normalized spacial score (nSPS) is 11.2. The van der Waals surface area contributed by atoms with Crippen molar-refractivity contribution in [3.8, 4) is 0 Å². The molecule has 4 aromatic rings. The molecule has 0 unspecified atom stereocenters. The number of nitrogens with one attached hydrogen (secondary N) is 1. The molecular formula is C22H17N5O3S3. The number of nitro groups is 1. The van der Waals surface area contributed by atoms with Crippen LogP contribution in [0.4, 0.5) is 5.69 Å². The molecule has 166 valence electrons. The second-order valence-corrected chi connectivity index (χ2v) is 10.1. The summed E-state index contributed by atoms with van der Waals surface area (Å²) in [5, 5.41) is 25.4. The number of nitrogens with zero attached hydrogens (tertiary/aromatic N) is 4. The zero-order valence-electron chi connectivity index (χ0n) is 17.1. The van der Waals surface area contributed by atoms with Gasteiger partial charge in [-0.05, 0) is 16.3 Å². The number of hydrogen-bond acceptors (Lipinski definition) is 9. The number of nitro benzene ring substituents is 1. The molecule has 0 spiro atoms. The van der Waals surface area contributed by atoms with Crippen molar-refractivity contribution >= 4 is 63.4 Å². The van der Waals surface area contributed by atoms with E-state index in [1.54, 1.807) is 23.9 Å². The number of hydrogen-bond donors (Lipinski definition) is 1. The maximum atomic E-state index is 12.0. The minimum atomic E-state index is -0.483. The van der Waals surface area contributed by atoms with Crippen molar-refractivity contribution in [1.29, 1.82) is 0 Å². The van der Waals surface area contributed by atoms with E-state index in [0.29, 0.717) is 9.90 Å². The number of benzene rings is 3. The summed E-state index contributed by atoms with van der Waals surface area (Å²) in [7, 11) is 0. The first-order chi connectivity index (χ1) is 16.1. The maximum Gasteiger partial charge on any atom is 0.270 e. The first-order valence-corrected chi connectivity index (χ1v) is 12.5. The van der Waals surface area contributed by atoms with E-state index in [2.05, 4.69) is 51.1 Å². The molecule has 0 saturated heterocycles. The summed E-state index contributed by atoms with van der Waals surface area (Å²) in [5.41, 5.74) is 4.14. The highest BCUT2D eigenvalue weighted by Gasteiger charge is 2.10. The molecule has 4 rings (SSSR count). The van der Waals surface area contributed by atoms with Crippen molar-refractivity contribution in [3.63, 3.8) is 0 Å². The van der Waals surface area contributed by atoms with Gasteiger partial charge in [-0.3, -0.25) is 14.9 Å². The molecule has 0 saturated carbocycles. The number of fused-ring (bicyclic) bond motifs is 1. The number of rotatable bonds is 9. The van der Waals surface area contributed by atoms with E-state index in [4.69, 9.17) is 0 Å². The minimum Gasteiger partial charge on any atom is -0.272 e. The molecule has 0 aliphatic carbocycles. The fourth-order valence-electron chi connectivity index (χ4n) is 2.93. The summed E-state index contributed by atoms with van der Waals surface area (Å²) < 4.78 is 1.54. The predicted octanol–water partition coefficient (Wildman–Crippen LogP) is 5.13. The van der Waals surface area contributed by atoms with Gasteiger partial charge < -0.3 is 0 Å². The van der Waals surface area contributed by atoms with Crippen LogP contribution in [-0.4, -0.2) is 33.0 Å². The first-order valence-electron chi connectivity index (χ1n) is 9.70. The summed E-state index contributed by atoms with van der Waals surface area (Å²) in [6, 6.07) is 20.5. The van der Waals surface area contributed by atoms with Crippen molar-refractivity contribution in [1.82, 2.24) is 15.6 Å². The highest BCUT2D eigenvalue weighted by Crippen LogP contribution is 2.32. The second kappa shape index (κ2) is 11.0. The average molecular weight is 496 g/mol. The molecule has 8 nitrogen and oxygen atoms in total. The number of aromatic nitrogens is 2. The summed E-state index contributed by atoms with van der Waals surface area (Å²) in [6.07, 6.45) is 1.36. The fourth-order valence-corrected chi connectivity index (χ4v) is 5.75. The van der Waals surface area contributed by atoms with Crippen LogP contribution in [0.15, 0.2) is 80.5 Å². The van der Waals surface area contributed by atoms with E-state index in [-0.39, 0.29) is 17.3 Å². The fraction of sp³-hybridized carbons (Fsp3) is 0.0909. The standard InChI is InChI=1S/C22H17N5O3S3/c28-20(24-23-12-15-5-3-9-18(11-15)27(29)30)14-32-22-26-25-21(33-22)31-13-17-8-4-7-16-6-1-2-10-19(16)17/h1-12H,13-14H2,(H,24,28). The topological polar surface area (TPSA) is 110 Å². The third kappa shape index (κ3) is 6.37. The van der Waals surface area contributed by atoms with Crippen molar-refractivity contribution in [3.05, 3.63) is 88.0 Å². The van der Waals surface area contributed by atoms with Crippen LogP contribution < -0.4 is 5.43 Å². The molecular weight excluding hydrogens is 478 g/mol. The van der Waals surface area contributed by atoms with Crippen molar-refractivity contribution in [2.24, 2.45) is 5.10 Å². The van der Waals surface area contributed by atoms with Gasteiger partial charge in [0.05, 0.1) is 16.9 Å². The van der Waals surface area contributed by atoms with E-state index in [1.807, 2.05) is 12.1 Å². The average Bonchev–Trinajstić information content (AvgIpc) is 3.29. The Hall–Kier alpha value is -3.28. The Morgan fingerprint density at radius 2 is 1.82 bits per heavy atom. The van der Waals surface area contributed by atoms with Crippen LogP contribution in [0.3, 0.4) is 0 Å². The Bertz CT molecular complexity index is 1320. The second-order valence-electron chi connectivity index (χ2n) is 6.69. The quantitative estimate of drug-likeness (QED) is 0.148. The molecule has 0 fully saturated rings. The Balaban J connectivity index is 1.25. The van der Waals surface area contributed by atoms with Crippen molar-refractivity contribution in [2.45, 2.75) is 14.4 Å². The first kappa shape index (κ1) is 22.9. The lowest BCUT2D eigenvalue weighted by molar-refractivity contribution is -0.384. The molecule has 1 aromatic heterocycles. The zero-order valence-corrected chi connectivity index (χ0v) is 19.5. The summed E-state index contributed by atoms with van der Waals surface area (Å²) in [6.45, 7) is 0. The van der Waals surface area contributed by atoms with E-state index >= 15 is 0 Å². The number of non-ortho nitro benzene ring substituents is 1. The van der Waals surface area contributed by atoms with Gasteiger partial charge >= 0.3 is 0 Å². The van der Waals surface area contributed by atoms with Crippen LogP contribution in [0, 0.1) is 10.1 Å². The molecule has 11 heteroatoms. The smallest absolute Gasteiger partial charge is 0.270 e. The molecule has 0 aliphatic heterocycles. The molecule has 1 heterocycles. The number of thioether (sulfide) groups is 2. The number of amides is 1. The summed E-state index contributed by atoms with van der Waals surface area (Å²) in [5.74, 6) is 0.615. The number of carbonyl (C=O) groups excluding carboxylic acids is 1. The monoisotopic (exact) mass is 495 g/mol. The van der Waals surface area contributed by atoms with Crippen LogP contribution in [0.25, 0.3) is 10.8 Å². The Labute approximate surface area is 201 Å². The van der Waals surface area contributed by atoms with Crippen molar-refractivity contribution in [2.75, 3.05) is 5.75 Å². The van der Waals surface area contributed by atoms with Gasteiger partial charge in [0.2, 0.25) is 0 Å². The maximum absolute atomic E-state index is 12.0. The lowest BCUT2D eigenvalue weighted by atomic mass is 10.1. The zero-order chi connectivity index (χ0) is 23.0. The van der Waals surface area contributed by atoms with Gasteiger partial charge in [0.25, 0.3) is 11.6 Å². The molecule has 0 radical (unpaired) electrons. The minimum absolute atomic E-state index is 0.0359. The molecule has 0 atom stereocenters. The third-order valence-electron chi connectivity index (χ3n) is 4.43. The van der Waals surface area contributed by atoms with E-state index in [0.717, 1.165) is 10.1 Å². The van der Waals surface area contributed by atoms with Crippen molar-refractivity contribution < 1.29 is 9.72 Å². The number of hydrazone groups is 1. The highest BCUT2D eigenvalue weighted by atomic mass is 32.2. The van der Waals surface area contributed by atoms with E-state index in [1.165, 1.54) is 57.8 Å². The Kier molecular flexibility index (Phi) is 7.66. The molecule has 0 aliphatic rings. The van der Waals surface area contributed by atoms with Gasteiger partial charge in [-0.25, -0.2) is 5.43 Å². The third-order valence-corrected chi connectivity index (χ3v) is 7.67. The van der Waals surface area contributed by atoms with Crippen LogP contribution in [-0.2, 0) is 10.5 Å². The molecule has 1 amide bonds. The lowest BCUT2D eigenvalue weighted by Crippen LogP contribution is -2.19. The SMILES string of the molecule is O=C(CSc1nnc(SCc2cccc3ccccc23)s1)NN=Cc1cccc([N+](=O)[O-])c1. The molecule has 1 N–H and O–H groups in total. The number of carbonyl (C=O) groups is 1. The summed E-state index contributed by atoms with van der Waals surface area (Å²) >= 11 is 4.35. The van der Waals surface area contributed by atoms with Crippen LogP contribution in [0.5, 0.6) is 0 Å². The molecule has 3 aromatic carbocycles. The highest BCUT2D eigenvalue weighted by molar-refractivity contribution is 8.03. The molecule has 33 heavy (non-hydrogen) atoms. The van der Waals surface area contributed by atoms with Gasteiger partial charge in [-0.2, -0.15) is 5.10 Å².